The van der Waals surface area contributed by atoms with Gasteiger partial charge in [0.2, 0.25) is 0 Å². The van der Waals surface area contributed by atoms with Crippen molar-refractivity contribution in [2.75, 3.05) is 31.5 Å². The summed E-state index contributed by atoms with van der Waals surface area (Å²) in [7, 11) is 0. The van der Waals surface area contributed by atoms with E-state index in [0.717, 1.165) is 55.4 Å². The molecule has 0 radical (unpaired) electrons. The maximum atomic E-state index is 13.5. The standard InChI is InChI=1S/C33H47N7O4/c1-20(2)36-29-26(18-34)25(30(41)35-19-27-21(3)16-22(4)37-31(27)42)17-28(38-29)23-8-12-39(13-9-23)24-10-14-40(15-11-24)32(43)44-33(5,6)7/h8,16-18,20,24,34H,9-15,19H2,1-7H3,(H,35,41)(H,36,38)(H,37,42). The zero-order valence-electron chi connectivity index (χ0n) is 27.1. The van der Waals surface area contributed by atoms with Gasteiger partial charge in [-0.25, -0.2) is 9.78 Å². The van der Waals surface area contributed by atoms with Crippen LogP contribution in [0, 0.1) is 19.3 Å². The van der Waals surface area contributed by atoms with Crippen LogP contribution in [0.5, 0.6) is 0 Å². The molecule has 44 heavy (non-hydrogen) atoms. The van der Waals surface area contributed by atoms with E-state index in [0.29, 0.717) is 47.3 Å². The minimum absolute atomic E-state index is 0.0449. The van der Waals surface area contributed by atoms with E-state index in [1.165, 1.54) is 0 Å². The number of anilines is 1. The molecule has 4 heterocycles. The third-order valence-electron chi connectivity index (χ3n) is 7.99. The fourth-order valence-corrected chi connectivity index (χ4v) is 5.79. The largest absolute Gasteiger partial charge is 0.444 e. The van der Waals surface area contributed by atoms with E-state index in [1.54, 1.807) is 11.0 Å². The molecule has 0 spiro atoms. The highest BCUT2D eigenvalue weighted by atomic mass is 16.6. The molecule has 238 valence electrons. The number of nitrogens with one attached hydrogen (secondary N) is 4. The fraction of sp³-hybridized carbons (Fsp3) is 0.545. The first-order chi connectivity index (χ1) is 20.8. The molecule has 0 aromatic carbocycles. The van der Waals surface area contributed by atoms with Crippen LogP contribution in [-0.4, -0.2) is 81.8 Å². The first-order valence-electron chi connectivity index (χ1n) is 15.5. The SMILES string of the molecule is Cc1cc(C)c(CNC(=O)c2cc(C3=CCN(C4CCN(C(=O)OC(C)(C)C)CC4)CC3)nc(NC(C)C)c2C=N)c(=O)[nH]1. The third-order valence-corrected chi connectivity index (χ3v) is 7.99. The molecule has 2 aromatic rings. The van der Waals surface area contributed by atoms with Crippen molar-refractivity contribution >= 4 is 29.6 Å². The molecule has 2 aromatic heterocycles. The number of amides is 2. The van der Waals surface area contributed by atoms with Gasteiger partial charge in [-0.15, -0.1) is 0 Å². The second-order valence-corrected chi connectivity index (χ2v) is 13.1. The van der Waals surface area contributed by atoms with Gasteiger partial charge in [0.05, 0.1) is 11.3 Å². The second-order valence-electron chi connectivity index (χ2n) is 13.1. The molecule has 0 atom stereocenters. The average molecular weight is 606 g/mol. The van der Waals surface area contributed by atoms with Crippen molar-refractivity contribution in [1.29, 1.82) is 5.41 Å². The number of ether oxygens (including phenoxy) is 1. The van der Waals surface area contributed by atoms with Gasteiger partial charge in [0.25, 0.3) is 11.5 Å². The van der Waals surface area contributed by atoms with Gasteiger partial charge in [-0.05, 0) is 91.0 Å². The van der Waals surface area contributed by atoms with Gasteiger partial charge < -0.3 is 30.7 Å². The number of carbonyl (C=O) groups is 2. The van der Waals surface area contributed by atoms with Gasteiger partial charge in [0.15, 0.2) is 0 Å². The lowest BCUT2D eigenvalue weighted by molar-refractivity contribution is 0.0149. The summed E-state index contributed by atoms with van der Waals surface area (Å²) in [5.74, 6) is 0.118. The second kappa shape index (κ2) is 13.8. The Bertz CT molecular complexity index is 1480. The maximum absolute atomic E-state index is 13.5. The Labute approximate surface area is 260 Å². The van der Waals surface area contributed by atoms with Crippen LogP contribution in [0.2, 0.25) is 0 Å². The first kappa shape index (κ1) is 32.9. The van der Waals surface area contributed by atoms with Gasteiger partial charge in [-0.3, -0.25) is 14.5 Å². The summed E-state index contributed by atoms with van der Waals surface area (Å²) >= 11 is 0. The predicted molar refractivity (Wildman–Crippen MR) is 174 cm³/mol. The number of aromatic amines is 1. The summed E-state index contributed by atoms with van der Waals surface area (Å²) in [6.45, 7) is 16.3. The highest BCUT2D eigenvalue weighted by molar-refractivity contribution is 6.05. The normalized spacial score (nSPS) is 16.5. The number of pyridine rings is 2. The van der Waals surface area contributed by atoms with E-state index in [1.807, 2.05) is 54.5 Å². The van der Waals surface area contributed by atoms with Crippen LogP contribution >= 0.6 is 0 Å². The Morgan fingerprint density at radius 2 is 1.89 bits per heavy atom. The first-order valence-corrected chi connectivity index (χ1v) is 15.5. The number of nitrogens with zero attached hydrogens (tertiary/aromatic N) is 3. The van der Waals surface area contributed by atoms with Crippen molar-refractivity contribution in [1.82, 2.24) is 25.1 Å². The molecular weight excluding hydrogens is 558 g/mol. The van der Waals surface area contributed by atoms with E-state index in [4.69, 9.17) is 15.1 Å². The molecule has 0 bridgehead atoms. The van der Waals surface area contributed by atoms with E-state index < -0.39 is 5.60 Å². The lowest BCUT2D eigenvalue weighted by Crippen LogP contribution is -2.48. The van der Waals surface area contributed by atoms with E-state index in [-0.39, 0.29) is 30.1 Å². The summed E-state index contributed by atoms with van der Waals surface area (Å²) < 4.78 is 5.54. The molecule has 11 heteroatoms. The summed E-state index contributed by atoms with van der Waals surface area (Å²) in [5, 5.41) is 14.3. The number of piperidine rings is 1. The van der Waals surface area contributed by atoms with Crippen molar-refractivity contribution in [2.45, 2.75) is 92.0 Å². The Hall–Kier alpha value is -3.99. The molecule has 4 N–H and O–H groups in total. The minimum Gasteiger partial charge on any atom is -0.444 e. The zero-order valence-corrected chi connectivity index (χ0v) is 27.1. The monoisotopic (exact) mass is 605 g/mol. The molecule has 0 aliphatic carbocycles. The molecule has 0 saturated carbocycles. The van der Waals surface area contributed by atoms with E-state index in [9.17, 15) is 14.4 Å². The number of hydrogen-bond acceptors (Lipinski definition) is 8. The summed E-state index contributed by atoms with van der Waals surface area (Å²) in [4.78, 5) is 50.4. The number of aryl methyl sites for hydroxylation is 2. The van der Waals surface area contributed by atoms with Crippen LogP contribution in [0.25, 0.3) is 5.57 Å². The zero-order chi connectivity index (χ0) is 32.2. The Morgan fingerprint density at radius 1 is 1.18 bits per heavy atom. The molecule has 11 nitrogen and oxygen atoms in total. The maximum Gasteiger partial charge on any atom is 0.410 e. The molecule has 4 rings (SSSR count). The van der Waals surface area contributed by atoms with Crippen molar-refractivity contribution in [3.63, 3.8) is 0 Å². The van der Waals surface area contributed by atoms with Crippen LogP contribution in [-0.2, 0) is 11.3 Å². The van der Waals surface area contributed by atoms with Gasteiger partial charge in [0, 0.05) is 67.8 Å². The van der Waals surface area contributed by atoms with Crippen LogP contribution < -0.4 is 16.2 Å². The molecular formula is C33H47N7O4. The quantitative estimate of drug-likeness (QED) is 0.322. The summed E-state index contributed by atoms with van der Waals surface area (Å²) in [6.07, 6.45) is 5.63. The Balaban J connectivity index is 1.50. The summed E-state index contributed by atoms with van der Waals surface area (Å²) in [5.41, 5.74) is 3.85. The number of H-pyrrole nitrogens is 1. The predicted octanol–water partition coefficient (Wildman–Crippen LogP) is 4.62. The topological polar surface area (TPSA) is 144 Å². The Morgan fingerprint density at radius 3 is 2.45 bits per heavy atom. The highest BCUT2D eigenvalue weighted by Gasteiger charge is 2.30. The van der Waals surface area contributed by atoms with E-state index in [2.05, 4.69) is 26.6 Å². The number of carbonyl (C=O) groups excluding carboxylic acids is 2. The number of hydrogen-bond donors (Lipinski definition) is 4. The smallest absolute Gasteiger partial charge is 0.410 e. The van der Waals surface area contributed by atoms with Crippen molar-refractivity contribution in [3.05, 3.63) is 62.2 Å². The summed E-state index contributed by atoms with van der Waals surface area (Å²) in [6, 6.07) is 4.06. The van der Waals surface area contributed by atoms with Crippen LogP contribution in [0.1, 0.15) is 92.3 Å². The van der Waals surface area contributed by atoms with Gasteiger partial charge in [-0.1, -0.05) is 6.08 Å². The molecule has 1 saturated heterocycles. The molecule has 0 unspecified atom stereocenters. The minimum atomic E-state index is -0.503. The van der Waals surface area contributed by atoms with Crippen LogP contribution in [0.3, 0.4) is 0 Å². The van der Waals surface area contributed by atoms with Gasteiger partial charge in [0.1, 0.15) is 11.4 Å². The van der Waals surface area contributed by atoms with Crippen molar-refractivity contribution < 1.29 is 14.3 Å². The molecule has 2 amide bonds. The van der Waals surface area contributed by atoms with Gasteiger partial charge >= 0.3 is 6.09 Å². The molecule has 1 fully saturated rings. The fourth-order valence-electron chi connectivity index (χ4n) is 5.79. The lowest BCUT2D eigenvalue weighted by Gasteiger charge is -2.40. The van der Waals surface area contributed by atoms with Crippen LogP contribution in [0.15, 0.2) is 23.0 Å². The lowest BCUT2D eigenvalue weighted by atomic mass is 9.97. The average Bonchev–Trinajstić information content (AvgIpc) is 2.95. The molecule has 2 aliphatic rings. The molecule has 2 aliphatic heterocycles. The van der Waals surface area contributed by atoms with Crippen molar-refractivity contribution in [3.8, 4) is 0 Å². The van der Waals surface area contributed by atoms with Gasteiger partial charge in [-0.2, -0.15) is 0 Å². The number of aromatic nitrogens is 2. The van der Waals surface area contributed by atoms with E-state index >= 15 is 0 Å². The number of likely N-dealkylation sites (tertiary alicyclic amines) is 1. The van der Waals surface area contributed by atoms with Crippen molar-refractivity contribution in [2.24, 2.45) is 0 Å². The Kier molecular flexibility index (Phi) is 10.3. The highest BCUT2D eigenvalue weighted by Crippen LogP contribution is 2.29. The number of rotatable bonds is 8. The van der Waals surface area contributed by atoms with Crippen LogP contribution in [0.4, 0.5) is 10.6 Å². The third kappa shape index (κ3) is 8.13.